The molecule has 1 aliphatic heterocycles. The summed E-state index contributed by atoms with van der Waals surface area (Å²) in [6, 6.07) is 6.10. The maximum atomic E-state index is 12.4. The van der Waals surface area contributed by atoms with Crippen LogP contribution in [0.4, 0.5) is 5.69 Å². The van der Waals surface area contributed by atoms with E-state index in [1.54, 1.807) is 16.4 Å². The number of nitro groups is 1. The van der Waals surface area contributed by atoms with Gasteiger partial charge in [-0.2, -0.15) is 0 Å². The van der Waals surface area contributed by atoms with Crippen LogP contribution in [-0.4, -0.2) is 36.5 Å². The van der Waals surface area contributed by atoms with Crippen LogP contribution in [0.3, 0.4) is 0 Å². The maximum absolute atomic E-state index is 12.4. The highest BCUT2D eigenvalue weighted by Crippen LogP contribution is 2.38. The Morgan fingerprint density at radius 3 is 2.27 bits per heavy atom. The minimum Gasteiger partial charge on any atom is -0.258 e. The number of aryl methyl sites for hydroxylation is 1. The van der Waals surface area contributed by atoms with Crippen LogP contribution in [0.5, 0.6) is 0 Å². The van der Waals surface area contributed by atoms with E-state index in [1.807, 2.05) is 0 Å². The van der Waals surface area contributed by atoms with E-state index in [2.05, 4.69) is 0 Å². The molecule has 2 unspecified atom stereocenters. The normalized spacial score (nSPS) is 25.3. The molecule has 0 radical (unpaired) electrons. The minimum atomic E-state index is -3.23. The molecule has 6 nitrogen and oxygen atoms in total. The molecule has 1 aromatic carbocycles. The van der Waals surface area contributed by atoms with Crippen molar-refractivity contribution in [3.63, 3.8) is 0 Å². The summed E-state index contributed by atoms with van der Waals surface area (Å²) in [5.74, 6) is 1.17. The fourth-order valence-corrected chi connectivity index (χ4v) is 5.17. The van der Waals surface area contributed by atoms with Crippen LogP contribution < -0.4 is 0 Å². The number of rotatable bonds is 5. The summed E-state index contributed by atoms with van der Waals surface area (Å²) in [5, 5.41) is 10.6. The van der Waals surface area contributed by atoms with Gasteiger partial charge in [0.05, 0.1) is 10.7 Å². The molecule has 1 aromatic rings. The Balaban J connectivity index is 1.59. The van der Waals surface area contributed by atoms with E-state index in [0.29, 0.717) is 31.3 Å². The average molecular weight is 324 g/mol. The van der Waals surface area contributed by atoms with Crippen molar-refractivity contribution >= 4 is 15.7 Å². The molecule has 2 atom stereocenters. The van der Waals surface area contributed by atoms with Crippen LogP contribution in [0.1, 0.15) is 24.8 Å². The first kappa shape index (κ1) is 15.4. The lowest BCUT2D eigenvalue weighted by molar-refractivity contribution is -0.384. The SMILES string of the molecule is O=[N+]([O-])c1ccc(CCS(=O)(=O)N2CC3CCCC3C2)cc1. The first-order valence-corrected chi connectivity index (χ1v) is 9.28. The van der Waals surface area contributed by atoms with Gasteiger partial charge in [0.15, 0.2) is 0 Å². The molecule has 120 valence electrons. The zero-order chi connectivity index (χ0) is 15.7. The molecule has 1 heterocycles. The zero-order valence-corrected chi connectivity index (χ0v) is 13.2. The summed E-state index contributed by atoms with van der Waals surface area (Å²) in [6.45, 7) is 1.35. The Hall–Kier alpha value is -1.47. The van der Waals surface area contributed by atoms with E-state index >= 15 is 0 Å². The van der Waals surface area contributed by atoms with Crippen molar-refractivity contribution in [3.8, 4) is 0 Å². The van der Waals surface area contributed by atoms with Crippen LogP contribution in [0, 0.1) is 22.0 Å². The lowest BCUT2D eigenvalue weighted by Gasteiger charge is -2.17. The second-order valence-electron chi connectivity index (χ2n) is 6.26. The monoisotopic (exact) mass is 324 g/mol. The van der Waals surface area contributed by atoms with Gasteiger partial charge in [0.2, 0.25) is 10.0 Å². The lowest BCUT2D eigenvalue weighted by Crippen LogP contribution is -2.32. The molecule has 0 spiro atoms. The van der Waals surface area contributed by atoms with E-state index in [4.69, 9.17) is 0 Å². The Bertz CT molecular complexity index is 645. The minimum absolute atomic E-state index is 0.0268. The molecule has 1 aliphatic carbocycles. The van der Waals surface area contributed by atoms with Crippen molar-refractivity contribution in [1.82, 2.24) is 4.31 Å². The fourth-order valence-electron chi connectivity index (χ4n) is 3.58. The molecule has 1 saturated heterocycles. The first-order chi connectivity index (χ1) is 10.5. The Morgan fingerprint density at radius 1 is 1.14 bits per heavy atom. The quantitative estimate of drug-likeness (QED) is 0.614. The second kappa shape index (κ2) is 5.96. The standard InChI is InChI=1S/C15H20N2O4S/c18-17(19)15-6-4-12(5-7-15)8-9-22(20,21)16-10-13-2-1-3-14(13)11-16/h4-7,13-14H,1-3,8-11H2. The highest BCUT2D eigenvalue weighted by molar-refractivity contribution is 7.89. The zero-order valence-electron chi connectivity index (χ0n) is 12.3. The molecule has 1 saturated carbocycles. The van der Waals surface area contributed by atoms with E-state index < -0.39 is 14.9 Å². The van der Waals surface area contributed by atoms with Gasteiger partial charge in [-0.1, -0.05) is 18.6 Å². The molecule has 0 aromatic heterocycles. The van der Waals surface area contributed by atoms with Crippen molar-refractivity contribution in [2.45, 2.75) is 25.7 Å². The molecule has 3 rings (SSSR count). The van der Waals surface area contributed by atoms with Gasteiger partial charge in [0.1, 0.15) is 0 Å². The molecule has 7 heteroatoms. The van der Waals surface area contributed by atoms with Crippen LogP contribution in [0.2, 0.25) is 0 Å². The third kappa shape index (κ3) is 3.15. The van der Waals surface area contributed by atoms with Gasteiger partial charge >= 0.3 is 0 Å². The summed E-state index contributed by atoms with van der Waals surface area (Å²) in [7, 11) is -3.23. The van der Waals surface area contributed by atoms with Crippen molar-refractivity contribution in [1.29, 1.82) is 0 Å². The molecule has 2 fully saturated rings. The van der Waals surface area contributed by atoms with Crippen molar-refractivity contribution in [3.05, 3.63) is 39.9 Å². The topological polar surface area (TPSA) is 80.5 Å². The van der Waals surface area contributed by atoms with Crippen LogP contribution in [-0.2, 0) is 16.4 Å². The van der Waals surface area contributed by atoms with E-state index in [-0.39, 0.29) is 11.4 Å². The third-order valence-corrected chi connectivity index (χ3v) is 6.69. The smallest absolute Gasteiger partial charge is 0.258 e. The summed E-state index contributed by atoms with van der Waals surface area (Å²) >= 11 is 0. The Kier molecular flexibility index (Phi) is 4.18. The molecule has 0 N–H and O–H groups in total. The van der Waals surface area contributed by atoms with Gasteiger partial charge in [-0.15, -0.1) is 0 Å². The number of sulfonamides is 1. The molecular weight excluding hydrogens is 304 g/mol. The molecule has 22 heavy (non-hydrogen) atoms. The maximum Gasteiger partial charge on any atom is 0.269 e. The van der Waals surface area contributed by atoms with E-state index in [0.717, 1.165) is 18.4 Å². The summed E-state index contributed by atoms with van der Waals surface area (Å²) in [6.07, 6.45) is 3.93. The van der Waals surface area contributed by atoms with E-state index in [9.17, 15) is 18.5 Å². The van der Waals surface area contributed by atoms with Crippen LogP contribution in [0.25, 0.3) is 0 Å². The average Bonchev–Trinajstić information content (AvgIpc) is 3.07. The number of benzene rings is 1. The Morgan fingerprint density at radius 2 is 1.73 bits per heavy atom. The number of hydrogen-bond donors (Lipinski definition) is 0. The number of nitro benzene ring substituents is 1. The van der Waals surface area contributed by atoms with Gasteiger partial charge in [-0.3, -0.25) is 10.1 Å². The number of nitrogens with zero attached hydrogens (tertiary/aromatic N) is 2. The van der Waals surface area contributed by atoms with Crippen LogP contribution in [0.15, 0.2) is 24.3 Å². The molecular formula is C15H20N2O4S. The van der Waals surface area contributed by atoms with Gasteiger partial charge in [0.25, 0.3) is 5.69 Å². The van der Waals surface area contributed by atoms with Crippen molar-refractivity contribution < 1.29 is 13.3 Å². The lowest BCUT2D eigenvalue weighted by atomic mass is 10.0. The first-order valence-electron chi connectivity index (χ1n) is 7.67. The van der Waals surface area contributed by atoms with Crippen molar-refractivity contribution in [2.75, 3.05) is 18.8 Å². The highest BCUT2D eigenvalue weighted by atomic mass is 32.2. The van der Waals surface area contributed by atoms with Gasteiger partial charge < -0.3 is 0 Å². The molecule has 2 aliphatic rings. The summed E-state index contributed by atoms with van der Waals surface area (Å²) in [4.78, 5) is 10.1. The van der Waals surface area contributed by atoms with E-state index in [1.165, 1.54) is 18.6 Å². The molecule has 0 amide bonds. The second-order valence-corrected chi connectivity index (χ2v) is 8.35. The largest absolute Gasteiger partial charge is 0.269 e. The fraction of sp³-hybridized carbons (Fsp3) is 0.600. The van der Waals surface area contributed by atoms with Gasteiger partial charge in [-0.25, -0.2) is 12.7 Å². The number of fused-ring (bicyclic) bond motifs is 1. The number of non-ortho nitro benzene ring substituents is 1. The highest BCUT2D eigenvalue weighted by Gasteiger charge is 2.40. The van der Waals surface area contributed by atoms with Crippen LogP contribution >= 0.6 is 0 Å². The van der Waals surface area contributed by atoms with Gasteiger partial charge in [-0.05, 0) is 36.7 Å². The van der Waals surface area contributed by atoms with Gasteiger partial charge in [0, 0.05) is 25.2 Å². The third-order valence-electron chi connectivity index (χ3n) is 4.88. The van der Waals surface area contributed by atoms with Crippen molar-refractivity contribution in [2.24, 2.45) is 11.8 Å². The summed E-state index contributed by atoms with van der Waals surface area (Å²) in [5.41, 5.74) is 0.840. The number of hydrogen-bond acceptors (Lipinski definition) is 4. The Labute approximate surface area is 130 Å². The summed E-state index contributed by atoms with van der Waals surface area (Å²) < 4.78 is 26.5. The molecule has 0 bridgehead atoms. The predicted molar refractivity (Wildman–Crippen MR) is 83.0 cm³/mol. The predicted octanol–water partition coefficient (Wildman–Crippen LogP) is 2.20.